The molecule has 3 atom stereocenters. The molecule has 0 radical (unpaired) electrons. The molecular formula is C58H56N2. The first-order chi connectivity index (χ1) is 29.1. The van der Waals surface area contributed by atoms with E-state index in [9.17, 15) is 0 Å². The monoisotopic (exact) mass is 780 g/mol. The number of allylic oxidation sites excluding steroid dienone is 9. The van der Waals surface area contributed by atoms with Gasteiger partial charge in [-0.05, 0) is 161 Å². The number of benzene rings is 5. The zero-order chi connectivity index (χ0) is 40.8. The first-order valence-corrected chi connectivity index (χ1v) is 22.5. The lowest BCUT2D eigenvalue weighted by Crippen LogP contribution is -2.44. The third-order valence-corrected chi connectivity index (χ3v) is 14.9. The van der Waals surface area contributed by atoms with E-state index in [1.807, 2.05) is 0 Å². The van der Waals surface area contributed by atoms with Gasteiger partial charge in [0, 0.05) is 34.7 Å². The van der Waals surface area contributed by atoms with Crippen molar-refractivity contribution in [2.75, 3.05) is 9.80 Å². The lowest BCUT2D eigenvalue weighted by Gasteiger charge is -2.44. The average Bonchev–Trinajstić information content (AvgIpc) is 3.49. The molecule has 0 bridgehead atoms. The summed E-state index contributed by atoms with van der Waals surface area (Å²) < 4.78 is 0. The van der Waals surface area contributed by atoms with Crippen LogP contribution in [0.2, 0.25) is 0 Å². The van der Waals surface area contributed by atoms with E-state index in [1.165, 1.54) is 102 Å². The first kappa shape index (κ1) is 37.2. The predicted octanol–water partition coefficient (Wildman–Crippen LogP) is 14.8. The molecule has 0 aromatic heterocycles. The SMILES string of the molecule is CC1CCc2ccccc2N1C1=CC2=C(C=C(c3ccc(/C=C/c4ccc5c(c4)C(C)(C)C4C=C(N6c7ccccc7C=CC6(C)C)C=CC54)c4ccccc34)CC2)CC1. The Balaban J connectivity index is 0.864. The molecule has 0 N–H and O–H groups in total. The van der Waals surface area contributed by atoms with Crippen LogP contribution in [0.25, 0.3) is 34.6 Å². The fourth-order valence-electron chi connectivity index (χ4n) is 11.7. The Morgan fingerprint density at radius 3 is 2.33 bits per heavy atom. The molecule has 0 fully saturated rings. The smallest absolute Gasteiger partial charge is 0.0580 e. The van der Waals surface area contributed by atoms with Crippen LogP contribution in [0.1, 0.15) is 112 Å². The van der Waals surface area contributed by atoms with E-state index < -0.39 is 0 Å². The molecule has 298 valence electrons. The van der Waals surface area contributed by atoms with Gasteiger partial charge in [-0.1, -0.05) is 147 Å². The van der Waals surface area contributed by atoms with E-state index in [2.05, 4.69) is 202 Å². The van der Waals surface area contributed by atoms with E-state index in [-0.39, 0.29) is 11.0 Å². The van der Waals surface area contributed by atoms with Crippen molar-refractivity contribution in [2.24, 2.45) is 5.92 Å². The Morgan fingerprint density at radius 1 is 0.683 bits per heavy atom. The molecule has 2 nitrogen and oxygen atoms in total. The van der Waals surface area contributed by atoms with E-state index >= 15 is 0 Å². The predicted molar refractivity (Wildman–Crippen MR) is 256 cm³/mol. The fraction of sp³-hybridized carbons (Fsp3) is 0.276. The van der Waals surface area contributed by atoms with Crippen LogP contribution < -0.4 is 9.80 Å². The second kappa shape index (κ2) is 14.1. The molecule has 2 heterocycles. The Labute approximate surface area is 357 Å². The molecule has 5 aromatic rings. The molecule has 11 rings (SSSR count). The number of anilines is 2. The largest absolute Gasteiger partial charge is 0.342 e. The number of aryl methyl sites for hydroxylation is 1. The summed E-state index contributed by atoms with van der Waals surface area (Å²) in [5, 5.41) is 2.67. The molecule has 4 aliphatic carbocycles. The minimum Gasteiger partial charge on any atom is -0.342 e. The van der Waals surface area contributed by atoms with Gasteiger partial charge in [-0.2, -0.15) is 0 Å². The maximum Gasteiger partial charge on any atom is 0.0580 e. The summed E-state index contributed by atoms with van der Waals surface area (Å²) >= 11 is 0. The fourth-order valence-corrected chi connectivity index (χ4v) is 11.7. The number of rotatable bonds is 5. The third-order valence-electron chi connectivity index (χ3n) is 14.9. The maximum atomic E-state index is 2.65. The van der Waals surface area contributed by atoms with Gasteiger partial charge in [0.15, 0.2) is 0 Å². The number of hydrogen-bond donors (Lipinski definition) is 0. The maximum absolute atomic E-state index is 2.65. The standard InChI is InChI=1S/C58H56N2/c1-38-18-21-41-12-6-10-16-55(41)59(38)46-27-25-43-35-45(24-23-44(43)36-46)49-30-26-40(48-14-8-9-15-50(48)49)22-19-39-20-29-51-52-31-28-47(37-54(52)58(4,5)53(51)34-39)60-56-17-11-7-13-42(56)32-33-57(60,2)3/h6-17,19-20,22,26,28-38,52,54H,18,21,23-25,27H2,1-5H3/b22-19+. The normalized spacial score (nSPS) is 23.4. The molecule has 0 saturated carbocycles. The highest BCUT2D eigenvalue weighted by molar-refractivity contribution is 6.00. The van der Waals surface area contributed by atoms with Gasteiger partial charge in [0.2, 0.25) is 0 Å². The summed E-state index contributed by atoms with van der Waals surface area (Å²) in [6.45, 7) is 12.0. The molecule has 0 saturated heterocycles. The van der Waals surface area contributed by atoms with Crippen LogP contribution in [-0.2, 0) is 11.8 Å². The van der Waals surface area contributed by atoms with Gasteiger partial charge in [-0.3, -0.25) is 0 Å². The average molecular weight is 781 g/mol. The Bertz CT molecular complexity index is 2810. The molecule has 5 aromatic carbocycles. The van der Waals surface area contributed by atoms with Crippen molar-refractivity contribution in [3.05, 3.63) is 201 Å². The summed E-state index contributed by atoms with van der Waals surface area (Å²) in [5.41, 5.74) is 19.6. The Morgan fingerprint density at radius 2 is 1.45 bits per heavy atom. The topological polar surface area (TPSA) is 6.48 Å². The van der Waals surface area contributed by atoms with Crippen molar-refractivity contribution in [3.63, 3.8) is 0 Å². The van der Waals surface area contributed by atoms with Crippen LogP contribution >= 0.6 is 0 Å². The van der Waals surface area contributed by atoms with Crippen LogP contribution in [-0.4, -0.2) is 11.6 Å². The van der Waals surface area contributed by atoms with E-state index in [1.54, 1.807) is 0 Å². The highest BCUT2D eigenvalue weighted by atomic mass is 15.2. The van der Waals surface area contributed by atoms with Crippen molar-refractivity contribution in [3.8, 4) is 0 Å². The zero-order valence-corrected chi connectivity index (χ0v) is 35.9. The van der Waals surface area contributed by atoms with Crippen molar-refractivity contribution < 1.29 is 0 Å². The number of para-hydroxylation sites is 2. The van der Waals surface area contributed by atoms with Crippen molar-refractivity contribution in [1.82, 2.24) is 0 Å². The number of fused-ring (bicyclic) bond motifs is 6. The summed E-state index contributed by atoms with van der Waals surface area (Å²) in [6.07, 6.45) is 28.6. The second-order valence-electron chi connectivity index (χ2n) is 19.3. The summed E-state index contributed by atoms with van der Waals surface area (Å²) in [4.78, 5) is 5.19. The molecular weight excluding hydrogens is 725 g/mol. The molecule has 60 heavy (non-hydrogen) atoms. The van der Waals surface area contributed by atoms with Crippen molar-refractivity contribution in [2.45, 2.75) is 96.1 Å². The van der Waals surface area contributed by atoms with Crippen LogP contribution in [0.3, 0.4) is 0 Å². The highest BCUT2D eigenvalue weighted by Crippen LogP contribution is 2.55. The quantitative estimate of drug-likeness (QED) is 0.164. The number of nitrogens with zero attached hydrogens (tertiary/aromatic N) is 2. The van der Waals surface area contributed by atoms with Gasteiger partial charge < -0.3 is 9.80 Å². The summed E-state index contributed by atoms with van der Waals surface area (Å²) in [6, 6.07) is 39.4. The lowest BCUT2D eigenvalue weighted by molar-refractivity contribution is 0.390. The van der Waals surface area contributed by atoms with Gasteiger partial charge in [0.25, 0.3) is 0 Å². The molecule has 6 aliphatic rings. The minimum absolute atomic E-state index is 0.000389. The van der Waals surface area contributed by atoms with E-state index in [0.29, 0.717) is 17.9 Å². The van der Waals surface area contributed by atoms with Gasteiger partial charge in [-0.25, -0.2) is 0 Å². The minimum atomic E-state index is -0.112. The van der Waals surface area contributed by atoms with Gasteiger partial charge >= 0.3 is 0 Å². The second-order valence-corrected chi connectivity index (χ2v) is 19.3. The molecule has 3 unspecified atom stereocenters. The van der Waals surface area contributed by atoms with Crippen molar-refractivity contribution >= 4 is 45.9 Å². The van der Waals surface area contributed by atoms with E-state index in [4.69, 9.17) is 0 Å². The summed E-state index contributed by atoms with van der Waals surface area (Å²) in [5.74, 6) is 0.774. The third kappa shape index (κ3) is 6.05. The molecule has 2 heteroatoms. The van der Waals surface area contributed by atoms with Crippen molar-refractivity contribution in [1.29, 1.82) is 0 Å². The van der Waals surface area contributed by atoms with Crippen LogP contribution in [0.15, 0.2) is 162 Å². The van der Waals surface area contributed by atoms with Gasteiger partial charge in [0.05, 0.1) is 5.54 Å². The van der Waals surface area contributed by atoms with E-state index in [0.717, 1.165) is 25.7 Å². The van der Waals surface area contributed by atoms with Crippen LogP contribution in [0, 0.1) is 5.92 Å². The summed E-state index contributed by atoms with van der Waals surface area (Å²) in [7, 11) is 0. The highest BCUT2D eigenvalue weighted by Gasteiger charge is 2.46. The zero-order valence-electron chi connectivity index (χ0n) is 35.9. The Kier molecular flexibility index (Phi) is 8.75. The lowest BCUT2D eigenvalue weighted by atomic mass is 9.73. The Hall–Kier alpha value is -5.86. The van der Waals surface area contributed by atoms with Crippen LogP contribution in [0.5, 0.6) is 0 Å². The van der Waals surface area contributed by atoms with Gasteiger partial charge in [0.1, 0.15) is 0 Å². The van der Waals surface area contributed by atoms with Crippen LogP contribution in [0.4, 0.5) is 11.4 Å². The molecule has 2 aliphatic heterocycles. The molecule has 0 spiro atoms. The number of hydrogen-bond acceptors (Lipinski definition) is 2. The molecule has 0 amide bonds. The first-order valence-electron chi connectivity index (χ1n) is 22.5. The van der Waals surface area contributed by atoms with Gasteiger partial charge in [-0.15, -0.1) is 0 Å².